The van der Waals surface area contributed by atoms with Gasteiger partial charge < -0.3 is 5.32 Å². The number of nitrogens with zero attached hydrogens (tertiary/aromatic N) is 2. The Morgan fingerprint density at radius 3 is 2.81 bits per heavy atom. The summed E-state index contributed by atoms with van der Waals surface area (Å²) in [6.45, 7) is 2.54. The zero-order chi connectivity index (χ0) is 14.7. The van der Waals surface area contributed by atoms with Gasteiger partial charge in [0.1, 0.15) is 10.0 Å². The third-order valence-corrected chi connectivity index (χ3v) is 4.70. The normalized spacial score (nSPS) is 13.8. The first kappa shape index (κ1) is 14.2. The van der Waals surface area contributed by atoms with Gasteiger partial charge in [0.15, 0.2) is 0 Å². The molecule has 5 heteroatoms. The van der Waals surface area contributed by atoms with E-state index in [9.17, 15) is 4.79 Å². The van der Waals surface area contributed by atoms with Gasteiger partial charge in [0.25, 0.3) is 5.91 Å². The number of aryl methyl sites for hydroxylation is 3. The van der Waals surface area contributed by atoms with E-state index in [2.05, 4.69) is 27.6 Å². The van der Waals surface area contributed by atoms with Gasteiger partial charge in [-0.05, 0) is 55.9 Å². The first-order chi connectivity index (χ1) is 10.2. The molecule has 1 aromatic heterocycles. The van der Waals surface area contributed by atoms with Crippen molar-refractivity contribution in [1.82, 2.24) is 15.5 Å². The minimum Gasteiger partial charge on any atom is -0.352 e. The summed E-state index contributed by atoms with van der Waals surface area (Å²) in [6.07, 6.45) is 5.48. The molecule has 2 aromatic rings. The summed E-state index contributed by atoms with van der Waals surface area (Å²) in [4.78, 5) is 12.2. The Balaban J connectivity index is 1.57. The fourth-order valence-electron chi connectivity index (χ4n) is 2.70. The molecule has 0 atom stereocenters. The second-order valence-electron chi connectivity index (χ2n) is 5.41. The second kappa shape index (κ2) is 6.35. The van der Waals surface area contributed by atoms with Gasteiger partial charge >= 0.3 is 0 Å². The molecular weight excluding hydrogens is 282 g/mol. The average molecular weight is 301 g/mol. The van der Waals surface area contributed by atoms with Crippen molar-refractivity contribution in [2.24, 2.45) is 0 Å². The van der Waals surface area contributed by atoms with Crippen LogP contribution in [0, 0.1) is 6.92 Å². The summed E-state index contributed by atoms with van der Waals surface area (Å²) in [7, 11) is 0. The third kappa shape index (κ3) is 3.47. The number of benzene rings is 1. The summed E-state index contributed by atoms with van der Waals surface area (Å²) >= 11 is 1.58. The molecule has 1 N–H and O–H groups in total. The number of carbonyl (C=O) groups excluding carboxylic acids is 1. The number of amides is 1. The lowest BCUT2D eigenvalue weighted by Gasteiger charge is -2.16. The molecule has 0 spiro atoms. The van der Waals surface area contributed by atoms with Crippen LogP contribution in [0.15, 0.2) is 18.2 Å². The molecule has 1 aliphatic rings. The lowest BCUT2D eigenvalue weighted by molar-refractivity contribution is 0.0954. The predicted octanol–water partition coefficient (Wildman–Crippen LogP) is 2.70. The molecule has 0 unspecified atom stereocenters. The molecule has 21 heavy (non-hydrogen) atoms. The van der Waals surface area contributed by atoms with Crippen LogP contribution in [-0.2, 0) is 19.3 Å². The van der Waals surface area contributed by atoms with Gasteiger partial charge in [-0.1, -0.05) is 6.07 Å². The van der Waals surface area contributed by atoms with E-state index in [-0.39, 0.29) is 5.91 Å². The zero-order valence-corrected chi connectivity index (χ0v) is 13.0. The molecule has 4 nitrogen and oxygen atoms in total. The van der Waals surface area contributed by atoms with E-state index in [1.165, 1.54) is 24.0 Å². The van der Waals surface area contributed by atoms with Crippen LogP contribution in [0.3, 0.4) is 0 Å². The number of aromatic nitrogens is 2. The van der Waals surface area contributed by atoms with Crippen molar-refractivity contribution < 1.29 is 4.79 Å². The highest BCUT2D eigenvalue weighted by molar-refractivity contribution is 7.11. The molecule has 1 amide bonds. The molecule has 1 heterocycles. The lowest BCUT2D eigenvalue weighted by atomic mass is 9.90. The number of fused-ring (bicyclic) bond motifs is 1. The number of rotatable bonds is 4. The highest BCUT2D eigenvalue weighted by Crippen LogP contribution is 2.22. The fraction of sp³-hybridized carbons (Fsp3) is 0.438. The number of hydrogen-bond acceptors (Lipinski definition) is 4. The summed E-state index contributed by atoms with van der Waals surface area (Å²) in [5.41, 5.74) is 3.51. The fourth-order valence-corrected chi connectivity index (χ4v) is 3.41. The van der Waals surface area contributed by atoms with Crippen LogP contribution in [-0.4, -0.2) is 22.6 Å². The maximum absolute atomic E-state index is 12.2. The molecule has 3 rings (SSSR count). The van der Waals surface area contributed by atoms with Crippen LogP contribution in [0.2, 0.25) is 0 Å². The Kier molecular flexibility index (Phi) is 4.29. The Labute approximate surface area is 128 Å². The van der Waals surface area contributed by atoms with Crippen molar-refractivity contribution in [2.45, 2.75) is 39.0 Å². The number of hydrogen-bond donors (Lipinski definition) is 1. The van der Waals surface area contributed by atoms with Crippen LogP contribution in [0.25, 0.3) is 0 Å². The van der Waals surface area contributed by atoms with Crippen LogP contribution in [0.4, 0.5) is 0 Å². The van der Waals surface area contributed by atoms with Gasteiger partial charge in [0.2, 0.25) is 0 Å². The zero-order valence-electron chi connectivity index (χ0n) is 12.2. The van der Waals surface area contributed by atoms with E-state index in [0.717, 1.165) is 34.8 Å². The smallest absolute Gasteiger partial charge is 0.251 e. The first-order valence-electron chi connectivity index (χ1n) is 7.41. The van der Waals surface area contributed by atoms with E-state index in [1.54, 1.807) is 11.3 Å². The molecule has 0 aliphatic heterocycles. The van der Waals surface area contributed by atoms with Crippen molar-refractivity contribution in [3.05, 3.63) is 44.9 Å². The monoisotopic (exact) mass is 301 g/mol. The van der Waals surface area contributed by atoms with Gasteiger partial charge in [-0.25, -0.2) is 0 Å². The number of carbonyl (C=O) groups is 1. The second-order valence-corrected chi connectivity index (χ2v) is 6.68. The van der Waals surface area contributed by atoms with Crippen LogP contribution < -0.4 is 5.32 Å². The average Bonchev–Trinajstić information content (AvgIpc) is 2.92. The van der Waals surface area contributed by atoms with Crippen molar-refractivity contribution in [3.63, 3.8) is 0 Å². The largest absolute Gasteiger partial charge is 0.352 e. The molecule has 0 bridgehead atoms. The van der Waals surface area contributed by atoms with Crippen LogP contribution in [0.1, 0.15) is 44.3 Å². The maximum atomic E-state index is 12.2. The van der Waals surface area contributed by atoms with Crippen molar-refractivity contribution >= 4 is 17.2 Å². The molecule has 0 saturated heterocycles. The quantitative estimate of drug-likeness (QED) is 0.944. The van der Waals surface area contributed by atoms with Crippen molar-refractivity contribution in [1.29, 1.82) is 0 Å². The van der Waals surface area contributed by atoms with Gasteiger partial charge in [0.05, 0.1) is 0 Å². The maximum Gasteiger partial charge on any atom is 0.251 e. The highest BCUT2D eigenvalue weighted by Gasteiger charge is 2.12. The van der Waals surface area contributed by atoms with E-state index < -0.39 is 0 Å². The molecular formula is C16H19N3OS. The summed E-state index contributed by atoms with van der Waals surface area (Å²) in [5, 5.41) is 12.9. The Hall–Kier alpha value is -1.75. The SMILES string of the molecule is Cc1nnc(CCNC(=O)c2ccc3c(c2)CCCC3)s1. The van der Waals surface area contributed by atoms with Crippen molar-refractivity contribution in [2.75, 3.05) is 6.54 Å². The third-order valence-electron chi connectivity index (χ3n) is 3.80. The van der Waals surface area contributed by atoms with Gasteiger partial charge in [-0.2, -0.15) is 0 Å². The summed E-state index contributed by atoms with van der Waals surface area (Å²) in [6, 6.07) is 6.10. The molecule has 0 saturated carbocycles. The Morgan fingerprint density at radius 2 is 2.05 bits per heavy atom. The minimum atomic E-state index is 0.00427. The van der Waals surface area contributed by atoms with Crippen molar-refractivity contribution in [3.8, 4) is 0 Å². The van der Waals surface area contributed by atoms with E-state index in [4.69, 9.17) is 0 Å². The predicted molar refractivity (Wildman–Crippen MR) is 83.8 cm³/mol. The lowest BCUT2D eigenvalue weighted by Crippen LogP contribution is -2.26. The molecule has 110 valence electrons. The highest BCUT2D eigenvalue weighted by atomic mass is 32.1. The molecule has 0 radical (unpaired) electrons. The van der Waals surface area contributed by atoms with E-state index >= 15 is 0 Å². The molecule has 1 aromatic carbocycles. The molecule has 1 aliphatic carbocycles. The standard InChI is InChI=1S/C16H19N3OS/c1-11-18-19-15(21-11)8-9-17-16(20)14-7-6-12-4-2-3-5-13(12)10-14/h6-7,10H,2-5,8-9H2,1H3,(H,17,20). The van der Waals surface area contributed by atoms with Crippen LogP contribution >= 0.6 is 11.3 Å². The topological polar surface area (TPSA) is 54.9 Å². The summed E-state index contributed by atoms with van der Waals surface area (Å²) in [5.74, 6) is 0.00427. The van der Waals surface area contributed by atoms with E-state index in [1.807, 2.05) is 13.0 Å². The van der Waals surface area contributed by atoms with Gasteiger partial charge in [-0.3, -0.25) is 4.79 Å². The summed E-state index contributed by atoms with van der Waals surface area (Å²) < 4.78 is 0. The number of nitrogens with one attached hydrogen (secondary N) is 1. The van der Waals surface area contributed by atoms with Gasteiger partial charge in [0, 0.05) is 18.5 Å². The minimum absolute atomic E-state index is 0.00427. The first-order valence-corrected chi connectivity index (χ1v) is 8.23. The molecule has 0 fully saturated rings. The van der Waals surface area contributed by atoms with Crippen LogP contribution in [0.5, 0.6) is 0 Å². The van der Waals surface area contributed by atoms with Gasteiger partial charge in [-0.15, -0.1) is 21.5 Å². The Bertz CT molecular complexity index is 651. The Morgan fingerprint density at radius 1 is 1.24 bits per heavy atom. The van der Waals surface area contributed by atoms with E-state index in [0.29, 0.717) is 6.54 Å².